The Morgan fingerprint density at radius 2 is 1.15 bits per heavy atom. The molecule has 0 aliphatic rings. The molecule has 0 unspecified atom stereocenters. The molecule has 402 valence electrons. The summed E-state index contributed by atoms with van der Waals surface area (Å²) in [6.45, 7) is 22.6. The predicted octanol–water partition coefficient (Wildman–Crippen LogP) is 18.8. The van der Waals surface area contributed by atoms with Crippen LogP contribution in [0.2, 0.25) is 19.6 Å². The Morgan fingerprint density at radius 1 is 0.568 bits per heavy atom. The zero-order valence-electron chi connectivity index (χ0n) is 47.8. The number of aromatic nitrogens is 4. The average Bonchev–Trinajstić information content (AvgIpc) is 4.12. The standard InChI is InChI=1S/C44H34N3O.C15H16N.C14H16NSi.Ir/c1-27(2)37-24-33(32-20-18-31(19-21-32)30-11-6-5-7-12-30)25-38(28(3)4)42(37)47-40-16-9-8-15-39(40)46-44(47)36-14-10-13-35-34-22-17-29(26-45)23-41(34)48-43(35)36;1-15(2,3)13-9-10-14(16-11-13)12-7-5-4-6-8-12;1-16(2,3)13-9-10-14(15-11-13)12-7-5-4-6-8-12;/h5-13,15-25,27-28H,1-4H3;2*4-7,9-11H,1-3H3;/q3*-1;+3. The van der Waals surface area contributed by atoms with Crippen LogP contribution >= 0.6 is 0 Å². The van der Waals surface area contributed by atoms with Crippen molar-refractivity contribution in [3.63, 3.8) is 0 Å². The molecule has 0 N–H and O–H groups in total. The maximum Gasteiger partial charge on any atom is 3.00 e. The van der Waals surface area contributed by atoms with Crippen LogP contribution in [0.25, 0.3) is 94.8 Å². The Balaban J connectivity index is 0.000000195. The first-order chi connectivity index (χ1) is 38.5. The monoisotopic (exact) mass is 1250 g/mol. The van der Waals surface area contributed by atoms with Gasteiger partial charge in [-0.25, -0.2) is 0 Å². The van der Waals surface area contributed by atoms with E-state index >= 15 is 0 Å². The molecule has 12 aromatic rings. The third-order valence-electron chi connectivity index (χ3n) is 14.5. The van der Waals surface area contributed by atoms with Crippen LogP contribution in [0.1, 0.15) is 82.6 Å². The fraction of sp³-hybridized carbons (Fsp3) is 0.178. The number of para-hydroxylation sites is 2. The number of nitrogens with zero attached hydrogens (tertiary/aromatic N) is 5. The molecule has 4 heterocycles. The van der Waals surface area contributed by atoms with E-state index in [2.05, 4.69) is 216 Å². The third-order valence-corrected chi connectivity index (χ3v) is 16.6. The van der Waals surface area contributed by atoms with Gasteiger partial charge in [-0.15, -0.1) is 90.0 Å². The van der Waals surface area contributed by atoms with Gasteiger partial charge in [-0.05, 0) is 109 Å². The van der Waals surface area contributed by atoms with Crippen LogP contribution in [0.15, 0.2) is 211 Å². The number of furan rings is 1. The summed E-state index contributed by atoms with van der Waals surface area (Å²) in [5.41, 5.74) is 18.7. The average molecular weight is 1250 g/mol. The van der Waals surface area contributed by atoms with E-state index < -0.39 is 8.07 Å². The Kier molecular flexibility index (Phi) is 17.4. The molecule has 0 atom stereocenters. The number of nitriles is 1. The molecule has 0 fully saturated rings. The summed E-state index contributed by atoms with van der Waals surface area (Å²) in [5, 5.41) is 12.9. The van der Waals surface area contributed by atoms with Crippen molar-refractivity contribution in [2.75, 3.05) is 0 Å². The maximum absolute atomic E-state index is 9.53. The molecular formula is C73H66IrN5OSi. The normalized spacial score (nSPS) is 11.4. The van der Waals surface area contributed by atoms with Crippen LogP contribution in [0, 0.1) is 29.5 Å². The maximum atomic E-state index is 9.53. The Hall–Kier alpha value is -8.31. The first-order valence-electron chi connectivity index (χ1n) is 27.5. The van der Waals surface area contributed by atoms with E-state index in [1.165, 1.54) is 44.1 Å². The summed E-state index contributed by atoms with van der Waals surface area (Å²) in [6, 6.07) is 78.5. The smallest absolute Gasteiger partial charge is 0.500 e. The molecular weight excluding hydrogens is 1180 g/mol. The van der Waals surface area contributed by atoms with Gasteiger partial charge in [-0.2, -0.15) is 5.26 Å². The molecule has 0 aliphatic carbocycles. The van der Waals surface area contributed by atoms with Crippen LogP contribution in [0.5, 0.6) is 0 Å². The van der Waals surface area contributed by atoms with Crippen molar-refractivity contribution in [3.8, 4) is 67.9 Å². The van der Waals surface area contributed by atoms with Crippen LogP contribution in [0.3, 0.4) is 0 Å². The van der Waals surface area contributed by atoms with Gasteiger partial charge >= 0.3 is 20.1 Å². The molecule has 8 aromatic carbocycles. The van der Waals surface area contributed by atoms with Gasteiger partial charge in [0, 0.05) is 23.5 Å². The molecule has 0 spiro atoms. The van der Waals surface area contributed by atoms with E-state index in [0.29, 0.717) is 16.7 Å². The van der Waals surface area contributed by atoms with E-state index in [0.717, 1.165) is 61.4 Å². The molecule has 0 aliphatic heterocycles. The van der Waals surface area contributed by atoms with Crippen molar-refractivity contribution < 1.29 is 24.5 Å². The van der Waals surface area contributed by atoms with E-state index in [-0.39, 0.29) is 37.4 Å². The molecule has 81 heavy (non-hydrogen) atoms. The van der Waals surface area contributed by atoms with Crippen molar-refractivity contribution in [2.45, 2.75) is 85.4 Å². The molecule has 0 saturated carbocycles. The van der Waals surface area contributed by atoms with Crippen molar-refractivity contribution in [1.29, 1.82) is 5.26 Å². The van der Waals surface area contributed by atoms with E-state index in [4.69, 9.17) is 9.40 Å². The van der Waals surface area contributed by atoms with Gasteiger partial charge in [0.05, 0.1) is 42.1 Å². The van der Waals surface area contributed by atoms with E-state index in [1.807, 2.05) is 91.3 Å². The van der Waals surface area contributed by atoms with Crippen LogP contribution in [0.4, 0.5) is 0 Å². The zero-order valence-corrected chi connectivity index (χ0v) is 51.2. The van der Waals surface area contributed by atoms with Crippen molar-refractivity contribution in [2.24, 2.45) is 0 Å². The van der Waals surface area contributed by atoms with Crippen LogP contribution < -0.4 is 5.19 Å². The van der Waals surface area contributed by atoms with E-state index in [1.54, 1.807) is 6.07 Å². The number of fused-ring (bicyclic) bond motifs is 4. The number of imidazole rings is 1. The molecule has 0 bridgehead atoms. The second-order valence-electron chi connectivity index (χ2n) is 23.0. The van der Waals surface area contributed by atoms with Gasteiger partial charge in [-0.1, -0.05) is 176 Å². The van der Waals surface area contributed by atoms with Gasteiger partial charge in [0.25, 0.3) is 0 Å². The Labute approximate surface area is 492 Å². The topological polar surface area (TPSA) is 80.5 Å². The summed E-state index contributed by atoms with van der Waals surface area (Å²) in [4.78, 5) is 14.3. The predicted molar refractivity (Wildman–Crippen MR) is 335 cm³/mol. The number of hydrogen-bond acceptors (Lipinski definition) is 5. The Bertz CT molecular complexity index is 3990. The summed E-state index contributed by atoms with van der Waals surface area (Å²) in [6.07, 6.45) is 3.97. The number of hydrogen-bond donors (Lipinski definition) is 0. The van der Waals surface area contributed by atoms with Gasteiger partial charge in [-0.3, -0.25) is 4.98 Å². The molecule has 8 heteroatoms. The summed E-state index contributed by atoms with van der Waals surface area (Å²) >= 11 is 0. The third kappa shape index (κ3) is 12.7. The zero-order chi connectivity index (χ0) is 56.1. The minimum Gasteiger partial charge on any atom is -0.500 e. The summed E-state index contributed by atoms with van der Waals surface area (Å²) < 4.78 is 8.83. The number of rotatable bonds is 9. The molecule has 6 nitrogen and oxygen atoms in total. The molecule has 12 rings (SSSR count). The summed E-state index contributed by atoms with van der Waals surface area (Å²) in [7, 11) is -1.23. The quantitative estimate of drug-likeness (QED) is 0.106. The van der Waals surface area contributed by atoms with Crippen LogP contribution in [-0.4, -0.2) is 27.6 Å². The molecule has 4 aromatic heterocycles. The van der Waals surface area contributed by atoms with Gasteiger partial charge in [0.2, 0.25) is 0 Å². The fourth-order valence-corrected chi connectivity index (χ4v) is 11.0. The van der Waals surface area contributed by atoms with Crippen molar-refractivity contribution >= 4 is 46.2 Å². The second kappa shape index (κ2) is 24.6. The minimum atomic E-state index is -1.23. The number of pyridine rings is 2. The number of benzene rings is 8. The summed E-state index contributed by atoms with van der Waals surface area (Å²) in [5.74, 6) is 1.26. The second-order valence-corrected chi connectivity index (χ2v) is 28.0. The molecule has 0 amide bonds. The SMILES string of the molecule is CC(C)(C)c1ccc(-c2[c-]cccc2)nc1.CC(C)c1cc(-c2ccc(-c3ccccc3)cc2)cc(C(C)C)c1-n1c(-c2[c-]ccc3c2oc2cc(C#N)ccc23)nc2ccccc21.C[Si](C)(C)c1ccc(-c2[c-]cccc2)nc1.[Ir+3]. The van der Waals surface area contributed by atoms with Gasteiger partial charge in [0.15, 0.2) is 0 Å². The Morgan fingerprint density at radius 3 is 1.69 bits per heavy atom. The van der Waals surface area contributed by atoms with Crippen molar-refractivity contribution in [1.82, 2.24) is 19.5 Å². The first kappa shape index (κ1) is 57.4. The van der Waals surface area contributed by atoms with Crippen LogP contribution in [-0.2, 0) is 25.5 Å². The van der Waals surface area contributed by atoms with Gasteiger partial charge < -0.3 is 19.0 Å². The molecule has 0 radical (unpaired) electrons. The van der Waals surface area contributed by atoms with Gasteiger partial charge in [0.1, 0.15) is 5.58 Å². The minimum absolute atomic E-state index is 0. The molecule has 0 saturated heterocycles. The largest absolute Gasteiger partial charge is 3.00 e. The van der Waals surface area contributed by atoms with Crippen molar-refractivity contribution in [3.05, 3.63) is 247 Å². The van der Waals surface area contributed by atoms with E-state index in [9.17, 15) is 5.26 Å². The first-order valence-corrected chi connectivity index (χ1v) is 31.0. The fourth-order valence-electron chi connectivity index (χ4n) is 9.97.